The molecular formula is C18H34O5Si2. The van der Waals surface area contributed by atoms with E-state index in [0.717, 1.165) is 25.0 Å². The van der Waals surface area contributed by atoms with Gasteiger partial charge in [0.1, 0.15) is 7.59 Å². The van der Waals surface area contributed by atoms with E-state index in [4.69, 9.17) is 13.9 Å². The molecule has 0 spiro atoms. The van der Waals surface area contributed by atoms with Gasteiger partial charge >= 0.3 is 11.9 Å². The molecule has 1 aliphatic heterocycles. The molecule has 0 aromatic heterocycles. The van der Waals surface area contributed by atoms with Crippen molar-refractivity contribution in [3.05, 3.63) is 12.2 Å². The monoisotopic (exact) mass is 386 g/mol. The third-order valence-corrected chi connectivity index (χ3v) is 22.5. The summed E-state index contributed by atoms with van der Waals surface area (Å²) < 4.78 is 17.3. The molecule has 1 heterocycles. The Bertz CT molecular complexity index is 528. The first-order chi connectivity index (χ1) is 11.3. The van der Waals surface area contributed by atoms with Crippen LogP contribution in [0, 0.1) is 0 Å². The van der Waals surface area contributed by atoms with Crippen LogP contribution in [0.4, 0.5) is 0 Å². The number of hydrogen-bond donors (Lipinski definition) is 0. The lowest BCUT2D eigenvalue weighted by Gasteiger charge is -2.53. The van der Waals surface area contributed by atoms with Crippen molar-refractivity contribution in [2.45, 2.75) is 90.6 Å². The Labute approximate surface area is 154 Å². The molecule has 1 fully saturated rings. The second-order valence-electron chi connectivity index (χ2n) is 8.44. The van der Waals surface area contributed by atoms with E-state index in [1.54, 1.807) is 13.8 Å². The standard InChI is InChI=1S/C18H34O5Si2/c1-9-17(22-16(20)11-10-15(19)21-14(2)3)25(8)13-12-18(4,5)23-24(25,6)7/h10-11,14,17H,9,12-13H2,1-8H3. The largest absolute Gasteiger partial charge is 0.463 e. The minimum absolute atomic E-state index is 0.0922. The van der Waals surface area contributed by atoms with Crippen molar-refractivity contribution in [3.63, 3.8) is 0 Å². The molecule has 144 valence electrons. The Morgan fingerprint density at radius 1 is 1.12 bits per heavy atom. The number of esters is 2. The molecule has 5 nitrogen and oxygen atoms in total. The molecule has 0 aromatic carbocycles. The van der Waals surface area contributed by atoms with Gasteiger partial charge in [-0.2, -0.15) is 0 Å². The highest BCUT2D eigenvalue weighted by molar-refractivity contribution is 7.39. The van der Waals surface area contributed by atoms with Gasteiger partial charge in [-0.3, -0.25) is 0 Å². The maximum absolute atomic E-state index is 12.2. The van der Waals surface area contributed by atoms with Crippen LogP contribution < -0.4 is 0 Å². The molecule has 0 saturated carbocycles. The molecule has 25 heavy (non-hydrogen) atoms. The first kappa shape index (κ1) is 22.1. The van der Waals surface area contributed by atoms with Crippen LogP contribution >= 0.6 is 0 Å². The van der Waals surface area contributed by atoms with Crippen molar-refractivity contribution in [2.75, 3.05) is 0 Å². The van der Waals surface area contributed by atoms with Crippen LogP contribution in [0.2, 0.25) is 25.7 Å². The summed E-state index contributed by atoms with van der Waals surface area (Å²) in [6.07, 6.45) is 3.88. The summed E-state index contributed by atoms with van der Waals surface area (Å²) >= 11 is 0. The summed E-state index contributed by atoms with van der Waals surface area (Å²) in [6.45, 7) is 16.7. The first-order valence-corrected chi connectivity index (χ1v) is 15.8. The fraction of sp³-hybridized carbons (Fsp3) is 0.778. The normalized spacial score (nSPS) is 26.4. The average molecular weight is 387 g/mol. The van der Waals surface area contributed by atoms with Gasteiger partial charge in [0.2, 0.25) is 0 Å². The van der Waals surface area contributed by atoms with Crippen molar-refractivity contribution in [2.24, 2.45) is 0 Å². The molecule has 2 atom stereocenters. The molecule has 7 heteroatoms. The van der Waals surface area contributed by atoms with Crippen molar-refractivity contribution in [1.82, 2.24) is 0 Å². The van der Waals surface area contributed by atoms with Gasteiger partial charge in [0, 0.05) is 12.2 Å². The summed E-state index contributed by atoms with van der Waals surface area (Å²) in [4.78, 5) is 23.7. The Morgan fingerprint density at radius 2 is 1.64 bits per heavy atom. The molecule has 0 N–H and O–H groups in total. The third kappa shape index (κ3) is 5.79. The molecule has 0 radical (unpaired) electrons. The summed E-state index contributed by atoms with van der Waals surface area (Å²) in [6, 6.07) is 1.10. The highest BCUT2D eigenvalue weighted by atomic mass is 29.3. The fourth-order valence-corrected chi connectivity index (χ4v) is 16.2. The van der Waals surface area contributed by atoms with Crippen LogP contribution in [0.1, 0.15) is 47.5 Å². The van der Waals surface area contributed by atoms with Gasteiger partial charge < -0.3 is 13.9 Å². The summed E-state index contributed by atoms with van der Waals surface area (Å²) in [5.41, 5.74) is -0.186. The van der Waals surface area contributed by atoms with Gasteiger partial charge in [0.15, 0.2) is 7.83 Å². The molecule has 0 aliphatic carbocycles. The predicted octanol–water partition coefficient (Wildman–Crippen LogP) is 3.92. The van der Waals surface area contributed by atoms with E-state index < -0.39 is 27.4 Å². The van der Waals surface area contributed by atoms with Gasteiger partial charge in [-0.1, -0.05) is 19.5 Å². The Balaban J connectivity index is 2.83. The van der Waals surface area contributed by atoms with E-state index in [9.17, 15) is 9.59 Å². The predicted molar refractivity (Wildman–Crippen MR) is 104 cm³/mol. The summed E-state index contributed by atoms with van der Waals surface area (Å²) in [7, 11) is -3.86. The maximum Gasteiger partial charge on any atom is 0.331 e. The minimum atomic E-state index is -1.95. The number of rotatable bonds is 6. The van der Waals surface area contributed by atoms with E-state index in [2.05, 4.69) is 40.4 Å². The Kier molecular flexibility index (Phi) is 7.24. The average Bonchev–Trinajstić information content (AvgIpc) is 2.45. The zero-order chi connectivity index (χ0) is 19.5. The molecule has 0 amide bonds. The quantitative estimate of drug-likeness (QED) is 0.393. The van der Waals surface area contributed by atoms with Crippen molar-refractivity contribution in [3.8, 4) is 0 Å². The van der Waals surface area contributed by atoms with Crippen LogP contribution in [0.15, 0.2) is 12.2 Å². The van der Waals surface area contributed by atoms with Gasteiger partial charge in [-0.05, 0) is 53.6 Å². The Morgan fingerprint density at radius 3 is 2.08 bits per heavy atom. The molecule has 0 aromatic rings. The maximum atomic E-state index is 12.2. The lowest BCUT2D eigenvalue weighted by molar-refractivity contribution is -0.143. The molecular weight excluding hydrogens is 352 g/mol. The molecule has 0 bridgehead atoms. The third-order valence-electron chi connectivity index (χ3n) is 5.20. The van der Waals surface area contributed by atoms with E-state index in [-0.39, 0.29) is 17.4 Å². The second kappa shape index (κ2) is 8.18. The minimum Gasteiger partial charge on any atom is -0.463 e. The first-order valence-electron chi connectivity index (χ1n) is 9.12. The Hall–Kier alpha value is -0.926. The summed E-state index contributed by atoms with van der Waals surface area (Å²) in [5, 5.41) is 0. The van der Waals surface area contributed by atoms with Gasteiger partial charge in [0.25, 0.3) is 0 Å². The van der Waals surface area contributed by atoms with Crippen LogP contribution in [0.25, 0.3) is 0 Å². The lowest BCUT2D eigenvalue weighted by atomic mass is 10.1. The van der Waals surface area contributed by atoms with E-state index in [0.29, 0.717) is 0 Å². The van der Waals surface area contributed by atoms with Crippen LogP contribution in [0.3, 0.4) is 0 Å². The van der Waals surface area contributed by atoms with Crippen LogP contribution in [-0.2, 0) is 23.5 Å². The smallest absolute Gasteiger partial charge is 0.331 e. The highest BCUT2D eigenvalue weighted by Crippen LogP contribution is 2.41. The molecule has 1 saturated heterocycles. The van der Waals surface area contributed by atoms with Crippen LogP contribution in [-0.4, -0.2) is 44.8 Å². The van der Waals surface area contributed by atoms with E-state index >= 15 is 0 Å². The van der Waals surface area contributed by atoms with Gasteiger partial charge in [-0.25, -0.2) is 9.59 Å². The van der Waals surface area contributed by atoms with Crippen LogP contribution in [0.5, 0.6) is 0 Å². The number of ether oxygens (including phenoxy) is 2. The van der Waals surface area contributed by atoms with Crippen molar-refractivity contribution >= 4 is 27.4 Å². The SMILES string of the molecule is CCC(OC(=O)C=CC(=O)OC(C)C)[Si]1(C)CCC(C)(C)O[Si]1(C)C. The molecule has 2 unspecified atom stereocenters. The second-order valence-corrected chi connectivity index (χ2v) is 22.7. The zero-order valence-electron chi connectivity index (χ0n) is 17.0. The molecule has 1 aliphatic rings. The highest BCUT2D eigenvalue weighted by Gasteiger charge is 2.58. The van der Waals surface area contributed by atoms with E-state index in [1.165, 1.54) is 6.08 Å². The topological polar surface area (TPSA) is 61.8 Å². The number of carbonyl (C=O) groups excluding carboxylic acids is 2. The van der Waals surface area contributed by atoms with Crippen molar-refractivity contribution in [1.29, 1.82) is 0 Å². The number of carbonyl (C=O) groups is 2. The van der Waals surface area contributed by atoms with Crippen molar-refractivity contribution < 1.29 is 23.5 Å². The molecule has 1 rings (SSSR count). The number of hydrogen-bond acceptors (Lipinski definition) is 5. The van der Waals surface area contributed by atoms with E-state index in [1.807, 2.05) is 0 Å². The summed E-state index contributed by atoms with van der Waals surface area (Å²) in [5.74, 6) is -1.00. The zero-order valence-corrected chi connectivity index (χ0v) is 19.0. The van der Waals surface area contributed by atoms with Gasteiger partial charge in [0.05, 0.1) is 17.4 Å². The van der Waals surface area contributed by atoms with Gasteiger partial charge in [-0.15, -0.1) is 0 Å². The lowest BCUT2D eigenvalue weighted by Crippen LogP contribution is -2.71. The fourth-order valence-electron chi connectivity index (χ4n) is 3.52.